The van der Waals surface area contributed by atoms with Crippen LogP contribution < -0.4 is 10.1 Å². The Morgan fingerprint density at radius 1 is 1.00 bits per heavy atom. The molecule has 0 amide bonds. The summed E-state index contributed by atoms with van der Waals surface area (Å²) in [6.07, 6.45) is 0. The van der Waals surface area contributed by atoms with Gasteiger partial charge in [0.2, 0.25) is 0 Å². The Kier molecular flexibility index (Phi) is 3.28. The molecule has 2 aromatic carbocycles. The summed E-state index contributed by atoms with van der Waals surface area (Å²) in [6.45, 7) is 0. The Morgan fingerprint density at radius 2 is 1.78 bits per heavy atom. The van der Waals surface area contributed by atoms with Crippen molar-refractivity contribution in [2.45, 2.75) is 0 Å². The molecule has 0 spiro atoms. The molecule has 0 unspecified atom stereocenters. The molecule has 0 aliphatic carbocycles. The summed E-state index contributed by atoms with van der Waals surface area (Å²) in [4.78, 5) is 0. The molecule has 94 valence electrons. The fourth-order valence-electron chi connectivity index (χ4n) is 1.80. The molecule has 2 aromatic rings. The summed E-state index contributed by atoms with van der Waals surface area (Å²) in [5, 5.41) is 22.0. The quantitative estimate of drug-likeness (QED) is 0.728. The third-order valence-corrected chi connectivity index (χ3v) is 2.78. The van der Waals surface area contributed by atoms with E-state index in [9.17, 15) is 10.2 Å². The third-order valence-electron chi connectivity index (χ3n) is 2.78. The van der Waals surface area contributed by atoms with Gasteiger partial charge in [-0.1, -0.05) is 6.07 Å². The van der Waals surface area contributed by atoms with E-state index in [1.165, 1.54) is 12.1 Å². The summed E-state index contributed by atoms with van der Waals surface area (Å²) in [7, 11) is 3.43. The molecule has 0 fully saturated rings. The molecule has 0 saturated carbocycles. The second-order valence-electron chi connectivity index (χ2n) is 3.87. The van der Waals surface area contributed by atoms with Crippen LogP contribution in [0.25, 0.3) is 11.1 Å². The van der Waals surface area contributed by atoms with E-state index in [1.807, 2.05) is 25.2 Å². The fourth-order valence-corrected chi connectivity index (χ4v) is 1.80. The number of phenolic OH excluding ortho intramolecular Hbond substituents is 2. The van der Waals surface area contributed by atoms with Gasteiger partial charge in [-0.2, -0.15) is 0 Å². The lowest BCUT2D eigenvalue weighted by molar-refractivity contribution is 0.404. The molecule has 0 aliphatic heterocycles. The van der Waals surface area contributed by atoms with Crippen LogP contribution >= 0.6 is 0 Å². The largest absolute Gasteiger partial charge is 0.504 e. The van der Waals surface area contributed by atoms with Crippen LogP contribution in [-0.4, -0.2) is 24.4 Å². The molecule has 4 nitrogen and oxygen atoms in total. The molecule has 18 heavy (non-hydrogen) atoms. The Morgan fingerprint density at radius 3 is 2.39 bits per heavy atom. The van der Waals surface area contributed by atoms with Crippen molar-refractivity contribution in [1.82, 2.24) is 0 Å². The van der Waals surface area contributed by atoms with E-state index in [0.29, 0.717) is 0 Å². The highest BCUT2D eigenvalue weighted by atomic mass is 16.5. The van der Waals surface area contributed by atoms with Crippen molar-refractivity contribution in [3.05, 3.63) is 36.4 Å². The maximum Gasteiger partial charge on any atom is 0.158 e. The number of ether oxygens (including phenoxy) is 1. The molecule has 0 atom stereocenters. The summed E-state index contributed by atoms with van der Waals surface area (Å²) in [5.74, 6) is 0.460. The summed E-state index contributed by atoms with van der Waals surface area (Å²) < 4.78 is 5.19. The van der Waals surface area contributed by atoms with Crippen molar-refractivity contribution >= 4 is 5.69 Å². The zero-order chi connectivity index (χ0) is 13.1. The van der Waals surface area contributed by atoms with Gasteiger partial charge in [-0.3, -0.25) is 0 Å². The van der Waals surface area contributed by atoms with Crippen molar-refractivity contribution in [1.29, 1.82) is 0 Å². The van der Waals surface area contributed by atoms with Crippen LogP contribution in [0.15, 0.2) is 36.4 Å². The molecule has 0 saturated heterocycles. The van der Waals surface area contributed by atoms with E-state index < -0.39 is 0 Å². The van der Waals surface area contributed by atoms with E-state index in [-0.39, 0.29) is 11.5 Å². The van der Waals surface area contributed by atoms with Gasteiger partial charge in [-0.05, 0) is 35.9 Å². The lowest BCUT2D eigenvalue weighted by atomic mass is 10.0. The number of nitrogens with one attached hydrogen (secondary N) is 1. The van der Waals surface area contributed by atoms with Crippen LogP contribution in [0.3, 0.4) is 0 Å². The molecule has 0 aromatic heterocycles. The van der Waals surface area contributed by atoms with Crippen LogP contribution in [-0.2, 0) is 0 Å². The first-order chi connectivity index (χ1) is 8.65. The zero-order valence-electron chi connectivity index (χ0n) is 10.3. The fraction of sp³-hybridized carbons (Fsp3) is 0.143. The molecule has 0 bridgehead atoms. The normalized spacial score (nSPS) is 10.1. The minimum absolute atomic E-state index is 0.132. The summed E-state index contributed by atoms with van der Waals surface area (Å²) in [5.41, 5.74) is 2.61. The maximum absolute atomic E-state index is 9.55. The van der Waals surface area contributed by atoms with Crippen molar-refractivity contribution in [2.75, 3.05) is 19.5 Å². The molecule has 0 heterocycles. The lowest BCUT2D eigenvalue weighted by Crippen LogP contribution is -1.93. The highest BCUT2D eigenvalue weighted by Gasteiger charge is 2.08. The molecule has 0 radical (unpaired) electrons. The smallest absolute Gasteiger partial charge is 0.158 e. The van der Waals surface area contributed by atoms with Crippen LogP contribution in [0.4, 0.5) is 5.69 Å². The highest BCUT2D eigenvalue weighted by molar-refractivity contribution is 5.80. The summed E-state index contributed by atoms with van der Waals surface area (Å²) in [6, 6.07) is 10.4. The average Bonchev–Trinajstić information content (AvgIpc) is 2.41. The van der Waals surface area contributed by atoms with Crippen molar-refractivity contribution in [2.24, 2.45) is 0 Å². The van der Waals surface area contributed by atoms with Gasteiger partial charge in [0.1, 0.15) is 5.75 Å². The maximum atomic E-state index is 9.55. The number of aromatic hydroxyl groups is 2. The van der Waals surface area contributed by atoms with Crippen molar-refractivity contribution in [3.8, 4) is 28.4 Å². The average molecular weight is 245 g/mol. The van der Waals surface area contributed by atoms with E-state index >= 15 is 0 Å². The summed E-state index contributed by atoms with van der Waals surface area (Å²) >= 11 is 0. The topological polar surface area (TPSA) is 61.7 Å². The number of hydrogen-bond acceptors (Lipinski definition) is 4. The van der Waals surface area contributed by atoms with Gasteiger partial charge in [0.15, 0.2) is 11.5 Å². The number of phenols is 2. The zero-order valence-corrected chi connectivity index (χ0v) is 10.3. The van der Waals surface area contributed by atoms with E-state index in [0.717, 1.165) is 22.6 Å². The first-order valence-corrected chi connectivity index (χ1v) is 5.54. The predicted molar refractivity (Wildman–Crippen MR) is 71.3 cm³/mol. The van der Waals surface area contributed by atoms with Crippen molar-refractivity contribution in [3.63, 3.8) is 0 Å². The Hall–Kier alpha value is -2.36. The monoisotopic (exact) mass is 245 g/mol. The third kappa shape index (κ3) is 2.18. The number of hydrogen-bond donors (Lipinski definition) is 3. The Balaban J connectivity index is 2.57. The lowest BCUT2D eigenvalue weighted by Gasteiger charge is -2.12. The molecule has 3 N–H and O–H groups in total. The molecule has 0 aliphatic rings. The standard InChI is InChI=1S/C14H15NO3/c1-15-12-5-4-10(18-2)8-11(12)9-3-6-13(16)14(17)7-9/h3-8,15-17H,1-2H3. The first kappa shape index (κ1) is 12.1. The van der Waals surface area contributed by atoms with Gasteiger partial charge in [0, 0.05) is 18.3 Å². The van der Waals surface area contributed by atoms with Gasteiger partial charge >= 0.3 is 0 Å². The van der Waals surface area contributed by atoms with Gasteiger partial charge in [-0.15, -0.1) is 0 Å². The number of methoxy groups -OCH3 is 1. The number of anilines is 1. The minimum atomic E-state index is -0.141. The van der Waals surface area contributed by atoms with Gasteiger partial charge in [-0.25, -0.2) is 0 Å². The second-order valence-corrected chi connectivity index (χ2v) is 3.87. The SMILES string of the molecule is CNc1ccc(OC)cc1-c1ccc(O)c(O)c1. The Bertz CT molecular complexity index is 567. The van der Waals surface area contributed by atoms with Crippen molar-refractivity contribution < 1.29 is 14.9 Å². The molecular weight excluding hydrogens is 230 g/mol. The van der Waals surface area contributed by atoms with Gasteiger partial charge in [0.25, 0.3) is 0 Å². The van der Waals surface area contributed by atoms with Crippen LogP contribution in [0, 0.1) is 0 Å². The Labute approximate surface area is 105 Å². The molecule has 2 rings (SSSR count). The highest BCUT2D eigenvalue weighted by Crippen LogP contribution is 2.35. The minimum Gasteiger partial charge on any atom is -0.504 e. The van der Waals surface area contributed by atoms with E-state index in [1.54, 1.807) is 13.2 Å². The number of benzene rings is 2. The first-order valence-electron chi connectivity index (χ1n) is 5.54. The van der Waals surface area contributed by atoms with E-state index in [2.05, 4.69) is 5.32 Å². The van der Waals surface area contributed by atoms with Gasteiger partial charge in [0.05, 0.1) is 7.11 Å². The van der Waals surface area contributed by atoms with E-state index in [4.69, 9.17) is 4.74 Å². The predicted octanol–water partition coefficient (Wildman–Crippen LogP) is 2.82. The van der Waals surface area contributed by atoms with Crippen LogP contribution in [0.2, 0.25) is 0 Å². The molecule has 4 heteroatoms. The van der Waals surface area contributed by atoms with Crippen LogP contribution in [0.5, 0.6) is 17.2 Å². The number of rotatable bonds is 3. The molecular formula is C14H15NO3. The van der Waals surface area contributed by atoms with Crippen LogP contribution in [0.1, 0.15) is 0 Å². The second kappa shape index (κ2) is 4.87. The van der Waals surface area contributed by atoms with Gasteiger partial charge < -0.3 is 20.3 Å².